The van der Waals surface area contributed by atoms with Crippen LogP contribution in [0.25, 0.3) is 0 Å². The van der Waals surface area contributed by atoms with Crippen LogP contribution in [0.4, 0.5) is 0 Å². The van der Waals surface area contributed by atoms with Gasteiger partial charge in [0.05, 0.1) is 25.0 Å². The van der Waals surface area contributed by atoms with Gasteiger partial charge in [0.15, 0.2) is 11.5 Å². The van der Waals surface area contributed by atoms with Crippen molar-refractivity contribution in [2.45, 2.75) is 26.0 Å². The molecule has 1 aliphatic rings. The van der Waals surface area contributed by atoms with Crippen LogP contribution in [0.1, 0.15) is 30.5 Å². The molecular weight excluding hydrogens is 348 g/mol. The Morgan fingerprint density at radius 3 is 2.59 bits per heavy atom. The number of carbonyl (C=O) groups is 2. The van der Waals surface area contributed by atoms with Crippen molar-refractivity contribution in [1.29, 1.82) is 0 Å². The quantitative estimate of drug-likeness (QED) is 0.741. The van der Waals surface area contributed by atoms with Crippen molar-refractivity contribution in [2.75, 3.05) is 7.11 Å². The fourth-order valence-electron chi connectivity index (χ4n) is 2.87. The number of aliphatic carboxylic acids is 1. The molecule has 3 unspecified atom stereocenters. The number of amides is 1. The first-order valence-corrected chi connectivity index (χ1v) is 8.72. The van der Waals surface area contributed by atoms with Crippen LogP contribution in [0.5, 0.6) is 11.5 Å². The summed E-state index contributed by atoms with van der Waals surface area (Å²) in [6.07, 6.45) is 3.81. The molecule has 1 aromatic heterocycles. The number of methoxy groups -OCH3 is 1. The Labute approximate surface area is 157 Å². The van der Waals surface area contributed by atoms with Gasteiger partial charge in [0.2, 0.25) is 5.91 Å². The zero-order valence-electron chi connectivity index (χ0n) is 15.2. The normalized spacial score (nSPS) is 19.0. The fraction of sp³-hybridized carbons (Fsp3) is 0.350. The lowest BCUT2D eigenvalue weighted by molar-refractivity contribution is -0.140. The maximum absolute atomic E-state index is 12.1. The maximum Gasteiger partial charge on any atom is 0.307 e. The number of ether oxygens (including phenoxy) is 2. The summed E-state index contributed by atoms with van der Waals surface area (Å²) in [7, 11) is 1.56. The molecule has 1 heterocycles. The summed E-state index contributed by atoms with van der Waals surface area (Å²) in [5.74, 6) is -0.972. The number of hydrogen-bond donors (Lipinski definition) is 2. The zero-order valence-corrected chi connectivity index (χ0v) is 15.2. The highest BCUT2D eigenvalue weighted by Crippen LogP contribution is 2.39. The third-order valence-corrected chi connectivity index (χ3v) is 4.63. The summed E-state index contributed by atoms with van der Waals surface area (Å²) in [4.78, 5) is 27.0. The summed E-state index contributed by atoms with van der Waals surface area (Å²) < 4.78 is 11.2. The largest absolute Gasteiger partial charge is 0.493 e. The molecule has 0 bridgehead atoms. The van der Waals surface area contributed by atoms with Gasteiger partial charge in [-0.1, -0.05) is 6.07 Å². The smallest absolute Gasteiger partial charge is 0.307 e. The molecule has 1 saturated carbocycles. The number of rotatable bonds is 8. The molecule has 2 N–H and O–H groups in total. The lowest BCUT2D eigenvalue weighted by Crippen LogP contribution is -2.29. The van der Waals surface area contributed by atoms with Crippen LogP contribution in [-0.4, -0.2) is 29.1 Å². The molecule has 7 heteroatoms. The Hall–Kier alpha value is -3.09. The molecule has 1 amide bonds. The Morgan fingerprint density at radius 2 is 1.96 bits per heavy atom. The van der Waals surface area contributed by atoms with Crippen molar-refractivity contribution in [3.8, 4) is 11.5 Å². The second-order valence-corrected chi connectivity index (χ2v) is 6.57. The second kappa shape index (κ2) is 8.07. The first kappa shape index (κ1) is 18.7. The molecule has 2 aromatic rings. The van der Waals surface area contributed by atoms with E-state index in [1.165, 1.54) is 0 Å². The number of benzene rings is 1. The van der Waals surface area contributed by atoms with Gasteiger partial charge in [-0.25, -0.2) is 0 Å². The van der Waals surface area contributed by atoms with E-state index in [0.717, 1.165) is 11.1 Å². The standard InChI is InChI=1S/C20H22N2O5/c1-12(22-19(23)15-10-16(15)20(24)25)14-3-4-17(18(9-14)26-2)27-11-13-5-7-21-8-6-13/h3-9,12,15-16H,10-11H2,1-2H3,(H,22,23)(H,24,25). The SMILES string of the molecule is COc1cc(C(C)NC(=O)C2CC2C(=O)O)ccc1OCc1ccncc1. The fourth-order valence-corrected chi connectivity index (χ4v) is 2.87. The summed E-state index contributed by atoms with van der Waals surface area (Å²) in [6.45, 7) is 2.24. The Bertz CT molecular complexity index is 824. The van der Waals surface area contributed by atoms with Crippen LogP contribution in [0, 0.1) is 11.8 Å². The van der Waals surface area contributed by atoms with Crippen LogP contribution in [-0.2, 0) is 16.2 Å². The van der Waals surface area contributed by atoms with Gasteiger partial charge in [0.1, 0.15) is 6.61 Å². The van der Waals surface area contributed by atoms with Crippen molar-refractivity contribution in [3.63, 3.8) is 0 Å². The molecule has 0 radical (unpaired) electrons. The van der Waals surface area contributed by atoms with Gasteiger partial charge < -0.3 is 19.9 Å². The second-order valence-electron chi connectivity index (χ2n) is 6.57. The summed E-state index contributed by atoms with van der Waals surface area (Å²) in [5, 5.41) is 11.8. The van der Waals surface area contributed by atoms with Crippen LogP contribution >= 0.6 is 0 Å². The number of pyridine rings is 1. The minimum absolute atomic E-state index is 0.230. The minimum atomic E-state index is -0.917. The highest BCUT2D eigenvalue weighted by atomic mass is 16.5. The van der Waals surface area contributed by atoms with E-state index in [0.29, 0.717) is 24.5 Å². The summed E-state index contributed by atoms with van der Waals surface area (Å²) in [6, 6.07) is 8.96. The molecule has 1 aromatic carbocycles. The number of nitrogens with zero attached hydrogens (tertiary/aromatic N) is 1. The van der Waals surface area contributed by atoms with E-state index in [-0.39, 0.29) is 11.9 Å². The number of hydrogen-bond acceptors (Lipinski definition) is 5. The first-order chi connectivity index (χ1) is 13.0. The molecule has 0 saturated heterocycles. The van der Waals surface area contributed by atoms with E-state index in [4.69, 9.17) is 14.6 Å². The van der Waals surface area contributed by atoms with Crippen molar-refractivity contribution in [1.82, 2.24) is 10.3 Å². The summed E-state index contributed by atoms with van der Waals surface area (Å²) >= 11 is 0. The molecule has 0 aliphatic heterocycles. The Balaban J connectivity index is 1.62. The molecule has 1 aliphatic carbocycles. The van der Waals surface area contributed by atoms with Crippen LogP contribution in [0.3, 0.4) is 0 Å². The van der Waals surface area contributed by atoms with Crippen molar-refractivity contribution < 1.29 is 24.2 Å². The third kappa shape index (κ3) is 4.55. The number of carboxylic acids is 1. The van der Waals surface area contributed by atoms with Gasteiger partial charge in [-0.05, 0) is 48.7 Å². The van der Waals surface area contributed by atoms with Gasteiger partial charge >= 0.3 is 5.97 Å². The highest BCUT2D eigenvalue weighted by molar-refractivity contribution is 5.89. The molecule has 3 atom stereocenters. The average Bonchev–Trinajstić information content (AvgIpc) is 3.48. The highest BCUT2D eigenvalue weighted by Gasteiger charge is 2.48. The molecule has 3 rings (SSSR count). The van der Waals surface area contributed by atoms with Crippen LogP contribution < -0.4 is 14.8 Å². The van der Waals surface area contributed by atoms with Gasteiger partial charge in [0.25, 0.3) is 0 Å². The molecule has 0 spiro atoms. The van der Waals surface area contributed by atoms with Gasteiger partial charge in [-0.2, -0.15) is 0 Å². The van der Waals surface area contributed by atoms with E-state index < -0.39 is 17.8 Å². The monoisotopic (exact) mass is 370 g/mol. The number of carboxylic acid groups (broad SMARTS) is 1. The van der Waals surface area contributed by atoms with Crippen molar-refractivity contribution >= 4 is 11.9 Å². The third-order valence-electron chi connectivity index (χ3n) is 4.63. The number of aromatic nitrogens is 1. The molecule has 1 fully saturated rings. The van der Waals surface area contributed by atoms with E-state index in [1.54, 1.807) is 25.6 Å². The average molecular weight is 370 g/mol. The number of carbonyl (C=O) groups excluding carboxylic acids is 1. The van der Waals surface area contributed by atoms with Crippen LogP contribution in [0.2, 0.25) is 0 Å². The van der Waals surface area contributed by atoms with E-state index in [2.05, 4.69) is 10.3 Å². The van der Waals surface area contributed by atoms with Crippen molar-refractivity contribution in [3.05, 3.63) is 53.9 Å². The van der Waals surface area contributed by atoms with E-state index in [1.807, 2.05) is 31.2 Å². The van der Waals surface area contributed by atoms with Crippen LogP contribution in [0.15, 0.2) is 42.7 Å². The predicted octanol–water partition coefficient (Wildman–Crippen LogP) is 2.57. The topological polar surface area (TPSA) is 97.8 Å². The molecule has 27 heavy (non-hydrogen) atoms. The van der Waals surface area contributed by atoms with E-state index >= 15 is 0 Å². The zero-order chi connectivity index (χ0) is 19.4. The molecular formula is C20H22N2O5. The first-order valence-electron chi connectivity index (χ1n) is 8.72. The predicted molar refractivity (Wildman–Crippen MR) is 97.4 cm³/mol. The van der Waals surface area contributed by atoms with Gasteiger partial charge in [-0.3, -0.25) is 14.6 Å². The maximum atomic E-state index is 12.1. The Kier molecular flexibility index (Phi) is 5.59. The molecule has 7 nitrogen and oxygen atoms in total. The van der Waals surface area contributed by atoms with Crippen molar-refractivity contribution in [2.24, 2.45) is 11.8 Å². The number of nitrogens with one attached hydrogen (secondary N) is 1. The van der Waals surface area contributed by atoms with E-state index in [9.17, 15) is 9.59 Å². The summed E-state index contributed by atoms with van der Waals surface area (Å²) in [5.41, 5.74) is 1.85. The van der Waals surface area contributed by atoms with Gasteiger partial charge in [0, 0.05) is 12.4 Å². The lowest BCUT2D eigenvalue weighted by atomic mass is 10.1. The van der Waals surface area contributed by atoms with Gasteiger partial charge in [-0.15, -0.1) is 0 Å². The Morgan fingerprint density at radius 1 is 1.22 bits per heavy atom. The molecule has 142 valence electrons. The minimum Gasteiger partial charge on any atom is -0.493 e. The lowest BCUT2D eigenvalue weighted by Gasteiger charge is -2.17.